The molecular weight excluding hydrogens is 296 g/mol. The highest BCUT2D eigenvalue weighted by atomic mass is 16.4. The molecule has 126 valence electrons. The van der Waals surface area contributed by atoms with E-state index < -0.39 is 5.97 Å². The van der Waals surface area contributed by atoms with Gasteiger partial charge in [0.1, 0.15) is 0 Å². The van der Waals surface area contributed by atoms with Crippen LogP contribution >= 0.6 is 0 Å². The van der Waals surface area contributed by atoms with E-state index in [-0.39, 0.29) is 30.8 Å². The first-order valence-electron chi connectivity index (χ1n) is 7.77. The van der Waals surface area contributed by atoms with Crippen molar-refractivity contribution in [1.82, 2.24) is 10.2 Å². The Morgan fingerprint density at radius 2 is 1.87 bits per heavy atom. The fourth-order valence-electron chi connectivity index (χ4n) is 2.11. The predicted molar refractivity (Wildman–Crippen MR) is 87.5 cm³/mol. The van der Waals surface area contributed by atoms with Crippen molar-refractivity contribution in [3.63, 3.8) is 0 Å². The van der Waals surface area contributed by atoms with Gasteiger partial charge in [-0.3, -0.25) is 14.4 Å². The number of benzene rings is 1. The first-order valence-corrected chi connectivity index (χ1v) is 7.77. The summed E-state index contributed by atoms with van der Waals surface area (Å²) in [5, 5.41) is 11.6. The van der Waals surface area contributed by atoms with Crippen molar-refractivity contribution in [2.75, 3.05) is 13.1 Å². The number of carboxylic acids is 1. The van der Waals surface area contributed by atoms with Crippen LogP contribution in [0.4, 0.5) is 0 Å². The van der Waals surface area contributed by atoms with Crippen molar-refractivity contribution >= 4 is 17.8 Å². The van der Waals surface area contributed by atoms with E-state index >= 15 is 0 Å². The predicted octanol–water partition coefficient (Wildman–Crippen LogP) is 2.15. The van der Waals surface area contributed by atoms with E-state index in [9.17, 15) is 14.4 Å². The van der Waals surface area contributed by atoms with Crippen LogP contribution in [0.2, 0.25) is 0 Å². The van der Waals surface area contributed by atoms with E-state index in [2.05, 4.69) is 5.32 Å². The van der Waals surface area contributed by atoms with Gasteiger partial charge in [0.25, 0.3) is 11.8 Å². The molecule has 6 nitrogen and oxygen atoms in total. The van der Waals surface area contributed by atoms with Crippen molar-refractivity contribution in [3.8, 4) is 0 Å². The lowest BCUT2D eigenvalue weighted by molar-refractivity contribution is -0.137. The fraction of sp³-hybridized carbons (Fsp3) is 0.471. The summed E-state index contributed by atoms with van der Waals surface area (Å²) in [5.41, 5.74) is 0.805. The second kappa shape index (κ2) is 8.92. The van der Waals surface area contributed by atoms with Gasteiger partial charge in [0.2, 0.25) is 0 Å². The summed E-state index contributed by atoms with van der Waals surface area (Å²) >= 11 is 0. The molecule has 0 spiro atoms. The smallest absolute Gasteiger partial charge is 0.305 e. The van der Waals surface area contributed by atoms with Crippen molar-refractivity contribution in [1.29, 1.82) is 0 Å². The first kappa shape index (κ1) is 18.7. The van der Waals surface area contributed by atoms with Gasteiger partial charge in [0.15, 0.2) is 0 Å². The molecule has 0 aliphatic rings. The number of carbonyl (C=O) groups is 3. The standard InChI is InChI=1S/C17H24N2O4/c1-4-9-18-16(22)13-6-5-7-14(11-13)17(23)19(12(2)3)10-8-15(20)21/h5-7,11-12H,4,8-10H2,1-3H3,(H,18,22)(H,20,21). The third-order valence-electron chi connectivity index (χ3n) is 3.36. The highest BCUT2D eigenvalue weighted by molar-refractivity contribution is 5.99. The molecule has 1 aromatic carbocycles. The zero-order valence-corrected chi connectivity index (χ0v) is 13.8. The molecule has 0 heterocycles. The summed E-state index contributed by atoms with van der Waals surface area (Å²) in [6.45, 7) is 6.34. The summed E-state index contributed by atoms with van der Waals surface area (Å²) in [4.78, 5) is 36.8. The van der Waals surface area contributed by atoms with Gasteiger partial charge in [-0.05, 0) is 38.5 Å². The van der Waals surface area contributed by atoms with Crippen LogP contribution in [0.15, 0.2) is 24.3 Å². The van der Waals surface area contributed by atoms with Crippen LogP contribution in [0.3, 0.4) is 0 Å². The molecule has 0 atom stereocenters. The van der Waals surface area contributed by atoms with Gasteiger partial charge in [-0.15, -0.1) is 0 Å². The summed E-state index contributed by atoms with van der Waals surface area (Å²) in [7, 11) is 0. The Labute approximate surface area is 136 Å². The normalized spacial score (nSPS) is 10.4. The van der Waals surface area contributed by atoms with Crippen LogP contribution in [0.25, 0.3) is 0 Å². The van der Waals surface area contributed by atoms with Gasteiger partial charge >= 0.3 is 5.97 Å². The van der Waals surface area contributed by atoms with Gasteiger partial charge < -0.3 is 15.3 Å². The highest BCUT2D eigenvalue weighted by Gasteiger charge is 2.20. The number of rotatable bonds is 8. The molecule has 1 rings (SSSR count). The topological polar surface area (TPSA) is 86.7 Å². The van der Waals surface area contributed by atoms with Crippen LogP contribution in [0, 0.1) is 0 Å². The lowest BCUT2D eigenvalue weighted by atomic mass is 10.1. The number of amides is 2. The zero-order chi connectivity index (χ0) is 17.4. The summed E-state index contributed by atoms with van der Waals surface area (Å²) in [5.74, 6) is -1.44. The first-order chi connectivity index (χ1) is 10.9. The second-order valence-corrected chi connectivity index (χ2v) is 5.57. The van der Waals surface area contributed by atoms with Gasteiger partial charge in [-0.1, -0.05) is 13.0 Å². The van der Waals surface area contributed by atoms with Gasteiger partial charge in [0.05, 0.1) is 6.42 Å². The quantitative estimate of drug-likeness (QED) is 0.768. The molecule has 6 heteroatoms. The minimum atomic E-state index is -0.948. The number of nitrogens with one attached hydrogen (secondary N) is 1. The van der Waals surface area contributed by atoms with E-state index in [1.165, 1.54) is 4.90 Å². The van der Waals surface area contributed by atoms with E-state index in [1.54, 1.807) is 24.3 Å². The molecule has 0 aliphatic heterocycles. The number of aliphatic carboxylic acids is 1. The van der Waals surface area contributed by atoms with Crippen molar-refractivity contribution in [3.05, 3.63) is 35.4 Å². The van der Waals surface area contributed by atoms with Crippen LogP contribution in [0.5, 0.6) is 0 Å². The zero-order valence-electron chi connectivity index (χ0n) is 13.8. The van der Waals surface area contributed by atoms with E-state index in [0.29, 0.717) is 17.7 Å². The Morgan fingerprint density at radius 1 is 1.22 bits per heavy atom. The largest absolute Gasteiger partial charge is 0.481 e. The Bertz CT molecular complexity index is 569. The SMILES string of the molecule is CCCNC(=O)c1cccc(C(=O)N(CCC(=O)O)C(C)C)c1. The molecule has 0 unspecified atom stereocenters. The number of nitrogens with zero attached hydrogens (tertiary/aromatic N) is 1. The van der Waals surface area contributed by atoms with E-state index in [1.807, 2.05) is 20.8 Å². The molecule has 2 amide bonds. The number of carbonyl (C=O) groups excluding carboxylic acids is 2. The molecule has 0 fully saturated rings. The summed E-state index contributed by atoms with van der Waals surface area (Å²) in [6.07, 6.45) is 0.723. The minimum absolute atomic E-state index is 0.111. The van der Waals surface area contributed by atoms with Crippen molar-refractivity contribution in [2.45, 2.75) is 39.7 Å². The fourth-order valence-corrected chi connectivity index (χ4v) is 2.11. The third-order valence-corrected chi connectivity index (χ3v) is 3.36. The lowest BCUT2D eigenvalue weighted by Crippen LogP contribution is -2.38. The van der Waals surface area contributed by atoms with E-state index in [0.717, 1.165) is 6.42 Å². The molecule has 1 aromatic rings. The Hall–Kier alpha value is -2.37. The minimum Gasteiger partial charge on any atom is -0.481 e. The van der Waals surface area contributed by atoms with Crippen LogP contribution in [-0.4, -0.2) is 46.9 Å². The maximum absolute atomic E-state index is 12.6. The van der Waals surface area contributed by atoms with Gasteiger partial charge in [-0.25, -0.2) is 0 Å². The molecule has 0 aliphatic carbocycles. The van der Waals surface area contributed by atoms with Crippen molar-refractivity contribution < 1.29 is 19.5 Å². The number of hydrogen-bond acceptors (Lipinski definition) is 3. The molecule has 0 radical (unpaired) electrons. The molecule has 0 aromatic heterocycles. The summed E-state index contributed by atoms with van der Waals surface area (Å²) in [6, 6.07) is 6.36. The Balaban J connectivity index is 2.92. The molecule has 0 saturated carbocycles. The van der Waals surface area contributed by atoms with Gasteiger partial charge in [0, 0.05) is 30.3 Å². The van der Waals surface area contributed by atoms with Crippen LogP contribution in [0.1, 0.15) is 54.3 Å². The Kier molecular flexibility index (Phi) is 7.25. The maximum atomic E-state index is 12.6. The number of carboxylic acid groups (broad SMARTS) is 1. The van der Waals surface area contributed by atoms with E-state index in [4.69, 9.17) is 5.11 Å². The lowest BCUT2D eigenvalue weighted by Gasteiger charge is -2.26. The molecule has 2 N–H and O–H groups in total. The molecule has 0 bridgehead atoms. The number of hydrogen-bond donors (Lipinski definition) is 2. The van der Waals surface area contributed by atoms with Gasteiger partial charge in [-0.2, -0.15) is 0 Å². The van der Waals surface area contributed by atoms with Crippen LogP contribution < -0.4 is 5.32 Å². The average Bonchev–Trinajstić information content (AvgIpc) is 2.52. The molecule has 23 heavy (non-hydrogen) atoms. The monoisotopic (exact) mass is 320 g/mol. The van der Waals surface area contributed by atoms with Crippen molar-refractivity contribution in [2.24, 2.45) is 0 Å². The van der Waals surface area contributed by atoms with Crippen LogP contribution in [-0.2, 0) is 4.79 Å². The third kappa shape index (κ3) is 5.73. The highest BCUT2D eigenvalue weighted by Crippen LogP contribution is 2.12. The summed E-state index contributed by atoms with van der Waals surface area (Å²) < 4.78 is 0. The molecule has 0 saturated heterocycles. The maximum Gasteiger partial charge on any atom is 0.305 e. The molecular formula is C17H24N2O4. The Morgan fingerprint density at radius 3 is 2.43 bits per heavy atom. The second-order valence-electron chi connectivity index (χ2n) is 5.57. The average molecular weight is 320 g/mol.